The molecule has 1 fully saturated rings. The largest absolute Gasteiger partial charge is 0.497 e. The predicted octanol–water partition coefficient (Wildman–Crippen LogP) is 1.83. The molecular formula is C18H18FN3O3. The lowest BCUT2D eigenvalue weighted by atomic mass is 10.1. The Morgan fingerprint density at radius 1 is 1.04 bits per heavy atom. The van der Waals surface area contributed by atoms with Gasteiger partial charge < -0.3 is 14.5 Å². The number of carbonyl (C=O) groups excluding carboxylic acids is 2. The van der Waals surface area contributed by atoms with Crippen LogP contribution in [-0.2, 0) is 0 Å². The molecule has 2 amide bonds. The number of aromatic nitrogens is 1. The molecule has 0 atom stereocenters. The van der Waals surface area contributed by atoms with Crippen LogP contribution in [0.4, 0.5) is 4.39 Å². The molecule has 0 aliphatic carbocycles. The highest BCUT2D eigenvalue weighted by molar-refractivity contribution is 5.95. The van der Waals surface area contributed by atoms with Crippen LogP contribution in [0, 0.1) is 5.82 Å². The average molecular weight is 343 g/mol. The Labute approximate surface area is 144 Å². The van der Waals surface area contributed by atoms with Gasteiger partial charge in [-0.05, 0) is 30.3 Å². The number of nitrogens with zero attached hydrogens (tertiary/aromatic N) is 3. The van der Waals surface area contributed by atoms with Crippen LogP contribution in [0.2, 0.25) is 0 Å². The zero-order valence-electron chi connectivity index (χ0n) is 13.8. The van der Waals surface area contributed by atoms with Gasteiger partial charge in [-0.3, -0.25) is 9.59 Å². The minimum atomic E-state index is -0.637. The van der Waals surface area contributed by atoms with E-state index >= 15 is 0 Å². The van der Waals surface area contributed by atoms with Crippen molar-refractivity contribution in [3.8, 4) is 5.75 Å². The molecule has 25 heavy (non-hydrogen) atoms. The van der Waals surface area contributed by atoms with Crippen molar-refractivity contribution in [2.75, 3.05) is 33.3 Å². The van der Waals surface area contributed by atoms with Gasteiger partial charge in [-0.15, -0.1) is 0 Å². The highest BCUT2D eigenvalue weighted by atomic mass is 19.1. The Morgan fingerprint density at radius 2 is 1.72 bits per heavy atom. The van der Waals surface area contributed by atoms with Gasteiger partial charge in [-0.2, -0.15) is 0 Å². The Bertz CT molecular complexity index is 789. The molecule has 1 saturated heterocycles. The summed E-state index contributed by atoms with van der Waals surface area (Å²) in [6.45, 7) is 1.45. The minimum Gasteiger partial charge on any atom is -0.497 e. The van der Waals surface area contributed by atoms with E-state index in [0.717, 1.165) is 0 Å². The number of rotatable bonds is 3. The second-order valence-electron chi connectivity index (χ2n) is 5.65. The maximum atomic E-state index is 13.7. The van der Waals surface area contributed by atoms with Gasteiger partial charge in [0.15, 0.2) is 11.5 Å². The average Bonchev–Trinajstić information content (AvgIpc) is 2.67. The van der Waals surface area contributed by atoms with Crippen LogP contribution in [0.5, 0.6) is 5.75 Å². The Morgan fingerprint density at radius 3 is 2.36 bits per heavy atom. The Hall–Kier alpha value is -2.96. The fourth-order valence-electron chi connectivity index (χ4n) is 2.74. The molecule has 1 aromatic heterocycles. The summed E-state index contributed by atoms with van der Waals surface area (Å²) >= 11 is 0. The monoisotopic (exact) mass is 343 g/mol. The van der Waals surface area contributed by atoms with E-state index in [-0.39, 0.29) is 11.6 Å². The molecule has 0 radical (unpaired) electrons. The standard InChI is InChI=1S/C18H18FN3O3/c1-25-14-5-2-4-13(12-14)17(23)21-8-10-22(11-9-21)18(24)16-15(19)6-3-7-20-16/h2-7,12H,8-11H2,1H3. The minimum absolute atomic E-state index is 0.116. The molecule has 0 N–H and O–H groups in total. The molecular weight excluding hydrogens is 325 g/mol. The number of piperazine rings is 1. The number of amides is 2. The van der Waals surface area contributed by atoms with Crippen LogP contribution in [0.25, 0.3) is 0 Å². The van der Waals surface area contributed by atoms with Gasteiger partial charge in [0.2, 0.25) is 0 Å². The summed E-state index contributed by atoms with van der Waals surface area (Å²) in [5, 5.41) is 0. The van der Waals surface area contributed by atoms with E-state index in [4.69, 9.17) is 4.74 Å². The lowest BCUT2D eigenvalue weighted by molar-refractivity contribution is 0.0529. The van der Waals surface area contributed by atoms with Crippen molar-refractivity contribution in [1.29, 1.82) is 0 Å². The van der Waals surface area contributed by atoms with Crippen LogP contribution in [0.15, 0.2) is 42.6 Å². The maximum Gasteiger partial charge on any atom is 0.275 e. The SMILES string of the molecule is COc1cccc(C(=O)N2CCN(C(=O)c3ncccc3F)CC2)c1. The highest BCUT2D eigenvalue weighted by Crippen LogP contribution is 2.16. The Balaban J connectivity index is 1.64. The van der Waals surface area contributed by atoms with Gasteiger partial charge in [0.25, 0.3) is 11.8 Å². The summed E-state index contributed by atoms with van der Waals surface area (Å²) < 4.78 is 18.8. The number of hydrogen-bond acceptors (Lipinski definition) is 4. The number of benzene rings is 1. The zero-order chi connectivity index (χ0) is 17.8. The number of carbonyl (C=O) groups is 2. The number of ether oxygens (including phenoxy) is 1. The number of halogens is 1. The normalized spacial score (nSPS) is 14.3. The first kappa shape index (κ1) is 16.9. The molecule has 130 valence electrons. The summed E-state index contributed by atoms with van der Waals surface area (Å²) in [7, 11) is 1.55. The van der Waals surface area contributed by atoms with Crippen molar-refractivity contribution >= 4 is 11.8 Å². The topological polar surface area (TPSA) is 62.7 Å². The van der Waals surface area contributed by atoms with Crippen molar-refractivity contribution in [2.45, 2.75) is 0 Å². The molecule has 0 saturated carbocycles. The lowest BCUT2D eigenvalue weighted by Crippen LogP contribution is -2.50. The predicted molar refractivity (Wildman–Crippen MR) is 89.0 cm³/mol. The maximum absolute atomic E-state index is 13.7. The molecule has 7 heteroatoms. The molecule has 0 spiro atoms. The van der Waals surface area contributed by atoms with E-state index in [1.807, 2.05) is 0 Å². The molecule has 1 aliphatic heterocycles. The molecule has 3 rings (SSSR count). The van der Waals surface area contributed by atoms with Crippen molar-refractivity contribution in [3.63, 3.8) is 0 Å². The van der Waals surface area contributed by atoms with Crippen molar-refractivity contribution in [3.05, 3.63) is 59.7 Å². The summed E-state index contributed by atoms with van der Waals surface area (Å²) in [5.41, 5.74) is 0.352. The number of methoxy groups -OCH3 is 1. The third-order valence-corrected chi connectivity index (χ3v) is 4.13. The van der Waals surface area contributed by atoms with Gasteiger partial charge >= 0.3 is 0 Å². The first-order chi connectivity index (χ1) is 12.1. The third kappa shape index (κ3) is 3.60. The van der Waals surface area contributed by atoms with Gasteiger partial charge in [-0.1, -0.05) is 6.07 Å². The fraction of sp³-hybridized carbons (Fsp3) is 0.278. The van der Waals surface area contributed by atoms with E-state index < -0.39 is 11.7 Å². The molecule has 1 aromatic carbocycles. The molecule has 6 nitrogen and oxygen atoms in total. The van der Waals surface area contributed by atoms with Crippen LogP contribution >= 0.6 is 0 Å². The molecule has 0 unspecified atom stereocenters. The first-order valence-corrected chi connectivity index (χ1v) is 7.93. The van der Waals surface area contributed by atoms with Gasteiger partial charge in [0, 0.05) is 37.9 Å². The van der Waals surface area contributed by atoms with Crippen LogP contribution in [0.3, 0.4) is 0 Å². The molecule has 1 aliphatic rings. The van der Waals surface area contributed by atoms with E-state index in [1.165, 1.54) is 23.2 Å². The van der Waals surface area contributed by atoms with Crippen molar-refractivity contribution < 1.29 is 18.7 Å². The van der Waals surface area contributed by atoms with Crippen LogP contribution < -0.4 is 4.74 Å². The van der Waals surface area contributed by atoms with Gasteiger partial charge in [0.1, 0.15) is 5.75 Å². The summed E-state index contributed by atoms with van der Waals surface area (Å²) in [6, 6.07) is 9.60. The fourth-order valence-corrected chi connectivity index (χ4v) is 2.74. The highest BCUT2D eigenvalue weighted by Gasteiger charge is 2.27. The second kappa shape index (κ2) is 7.29. The molecule has 2 aromatic rings. The van der Waals surface area contributed by atoms with E-state index in [1.54, 1.807) is 36.3 Å². The first-order valence-electron chi connectivity index (χ1n) is 7.93. The zero-order valence-corrected chi connectivity index (χ0v) is 13.8. The van der Waals surface area contributed by atoms with Crippen molar-refractivity contribution in [1.82, 2.24) is 14.8 Å². The molecule has 0 bridgehead atoms. The van der Waals surface area contributed by atoms with Crippen LogP contribution in [-0.4, -0.2) is 59.9 Å². The van der Waals surface area contributed by atoms with Gasteiger partial charge in [0.05, 0.1) is 7.11 Å². The van der Waals surface area contributed by atoms with Gasteiger partial charge in [-0.25, -0.2) is 9.37 Å². The Kier molecular flexibility index (Phi) is 4.92. The van der Waals surface area contributed by atoms with Crippen LogP contribution in [0.1, 0.15) is 20.8 Å². The van der Waals surface area contributed by atoms with Crippen molar-refractivity contribution in [2.24, 2.45) is 0 Å². The van der Waals surface area contributed by atoms with E-state index in [9.17, 15) is 14.0 Å². The number of hydrogen-bond donors (Lipinski definition) is 0. The lowest BCUT2D eigenvalue weighted by Gasteiger charge is -2.34. The quantitative estimate of drug-likeness (QED) is 0.853. The van der Waals surface area contributed by atoms with E-state index in [0.29, 0.717) is 37.5 Å². The van der Waals surface area contributed by atoms with E-state index in [2.05, 4.69) is 4.98 Å². The summed E-state index contributed by atoms with van der Waals surface area (Å²) in [5.74, 6) is -0.589. The third-order valence-electron chi connectivity index (χ3n) is 4.13. The smallest absolute Gasteiger partial charge is 0.275 e. The second-order valence-corrected chi connectivity index (χ2v) is 5.65. The number of pyridine rings is 1. The summed E-state index contributed by atoms with van der Waals surface area (Å²) in [4.78, 5) is 31.9. The molecule has 2 heterocycles. The summed E-state index contributed by atoms with van der Waals surface area (Å²) in [6.07, 6.45) is 1.39.